The minimum atomic E-state index is -0.826. The second kappa shape index (κ2) is 8.02. The van der Waals surface area contributed by atoms with E-state index in [1.807, 2.05) is 32.9 Å². The topological polar surface area (TPSA) is 71.4 Å². The maximum absolute atomic E-state index is 13.1. The summed E-state index contributed by atoms with van der Waals surface area (Å²) in [6.07, 6.45) is 4.47. The molecule has 30 heavy (non-hydrogen) atoms. The minimum Gasteiger partial charge on any atom is -0.348 e. The minimum absolute atomic E-state index is 0.0881. The third-order valence-corrected chi connectivity index (χ3v) is 7.78. The molecule has 1 saturated heterocycles. The van der Waals surface area contributed by atoms with Gasteiger partial charge in [0.25, 0.3) is 5.91 Å². The molecule has 7 heteroatoms. The Morgan fingerprint density at radius 1 is 1.30 bits per heavy atom. The van der Waals surface area contributed by atoms with E-state index in [1.54, 1.807) is 11.3 Å². The zero-order chi connectivity index (χ0) is 21.5. The van der Waals surface area contributed by atoms with Crippen molar-refractivity contribution in [2.24, 2.45) is 5.92 Å². The van der Waals surface area contributed by atoms with Gasteiger partial charge in [-0.3, -0.25) is 14.5 Å². The lowest BCUT2D eigenvalue weighted by molar-refractivity contribution is -0.133. The molecule has 0 unspecified atom stereocenters. The van der Waals surface area contributed by atoms with Crippen LogP contribution in [-0.4, -0.2) is 39.3 Å². The smallest absolute Gasteiger partial charge is 0.325 e. The number of hydrogen-bond donors (Lipinski definition) is 1. The normalized spacial score (nSPS) is 24.0. The van der Waals surface area contributed by atoms with Gasteiger partial charge in [-0.25, -0.2) is 4.79 Å². The van der Waals surface area contributed by atoms with Gasteiger partial charge in [-0.05, 0) is 56.5 Å². The van der Waals surface area contributed by atoms with E-state index >= 15 is 0 Å². The zero-order valence-electron chi connectivity index (χ0n) is 17.9. The van der Waals surface area contributed by atoms with E-state index in [-0.39, 0.29) is 24.2 Å². The monoisotopic (exact) mass is 427 g/mol. The Morgan fingerprint density at radius 2 is 2.10 bits per heavy atom. The summed E-state index contributed by atoms with van der Waals surface area (Å²) >= 11 is 1.73. The highest BCUT2D eigenvalue weighted by molar-refractivity contribution is 7.09. The number of aromatic nitrogens is 1. The lowest BCUT2D eigenvalue weighted by Crippen LogP contribution is -2.54. The Labute approximate surface area is 181 Å². The average molecular weight is 428 g/mol. The third kappa shape index (κ3) is 3.49. The standard InChI is InChI=1S/C23H29N3O3S/c1-15-7-4-5-10-23(15)21(28)26(22(29)24-23)14-20(27)19-13-16(2)25(17(19)3)11-9-18-8-6-12-30-18/h6,8,12-13,15H,4-5,7,9-11,14H2,1-3H3,(H,24,29)/t15-,23+/m0/s1. The molecule has 2 atom stereocenters. The highest BCUT2D eigenvalue weighted by Gasteiger charge is 2.55. The van der Waals surface area contributed by atoms with Gasteiger partial charge in [-0.15, -0.1) is 11.3 Å². The molecule has 3 amide bonds. The van der Waals surface area contributed by atoms with Gasteiger partial charge in [0.05, 0.1) is 6.54 Å². The van der Waals surface area contributed by atoms with Gasteiger partial charge in [0, 0.05) is 28.4 Å². The Morgan fingerprint density at radius 3 is 2.80 bits per heavy atom. The molecule has 1 aliphatic heterocycles. The van der Waals surface area contributed by atoms with Gasteiger partial charge in [0.1, 0.15) is 5.54 Å². The lowest BCUT2D eigenvalue weighted by atomic mass is 9.73. The van der Waals surface area contributed by atoms with Gasteiger partial charge >= 0.3 is 6.03 Å². The summed E-state index contributed by atoms with van der Waals surface area (Å²) in [5.41, 5.74) is 1.67. The van der Waals surface area contributed by atoms with Crippen molar-refractivity contribution in [3.8, 4) is 0 Å². The summed E-state index contributed by atoms with van der Waals surface area (Å²) in [4.78, 5) is 41.3. The van der Waals surface area contributed by atoms with E-state index in [9.17, 15) is 14.4 Å². The van der Waals surface area contributed by atoms with Crippen molar-refractivity contribution in [3.63, 3.8) is 0 Å². The predicted molar refractivity (Wildman–Crippen MR) is 117 cm³/mol. The van der Waals surface area contributed by atoms with Crippen molar-refractivity contribution >= 4 is 29.1 Å². The van der Waals surface area contributed by atoms with E-state index in [0.29, 0.717) is 12.0 Å². The van der Waals surface area contributed by atoms with Crippen molar-refractivity contribution in [3.05, 3.63) is 45.4 Å². The second-order valence-corrected chi connectivity index (χ2v) is 9.66. The van der Waals surface area contributed by atoms with Crippen LogP contribution >= 0.6 is 11.3 Å². The molecule has 6 nitrogen and oxygen atoms in total. The molecule has 2 aliphatic rings. The Kier molecular flexibility index (Phi) is 5.57. The van der Waals surface area contributed by atoms with Gasteiger partial charge in [0.2, 0.25) is 0 Å². The first kappa shape index (κ1) is 20.8. The third-order valence-electron chi connectivity index (χ3n) is 6.84. The van der Waals surface area contributed by atoms with Crippen molar-refractivity contribution in [2.75, 3.05) is 6.54 Å². The molecule has 0 aromatic carbocycles. The molecule has 1 saturated carbocycles. The van der Waals surface area contributed by atoms with E-state index in [1.165, 1.54) is 4.88 Å². The van der Waals surface area contributed by atoms with Crippen molar-refractivity contribution in [1.82, 2.24) is 14.8 Å². The number of thiophene rings is 1. The molecule has 3 heterocycles. The Hall–Kier alpha value is -2.41. The highest BCUT2D eigenvalue weighted by Crippen LogP contribution is 2.38. The first-order valence-corrected chi connectivity index (χ1v) is 11.6. The number of nitrogens with zero attached hydrogens (tertiary/aromatic N) is 2. The van der Waals surface area contributed by atoms with Crippen LogP contribution in [0.5, 0.6) is 0 Å². The second-order valence-electron chi connectivity index (χ2n) is 8.63. The van der Waals surface area contributed by atoms with Crippen LogP contribution in [0.3, 0.4) is 0 Å². The molecule has 2 aromatic heterocycles. The van der Waals surface area contributed by atoms with Crippen LogP contribution in [0.1, 0.15) is 59.2 Å². The number of aryl methyl sites for hydroxylation is 2. The summed E-state index contributed by atoms with van der Waals surface area (Å²) < 4.78 is 2.14. The maximum atomic E-state index is 13.1. The molecular weight excluding hydrogens is 398 g/mol. The van der Waals surface area contributed by atoms with Crippen LogP contribution in [-0.2, 0) is 17.8 Å². The van der Waals surface area contributed by atoms with Gasteiger partial charge in [0.15, 0.2) is 5.78 Å². The van der Waals surface area contributed by atoms with Gasteiger partial charge < -0.3 is 9.88 Å². The van der Waals surface area contributed by atoms with Crippen LogP contribution in [0.2, 0.25) is 0 Å². The first-order valence-electron chi connectivity index (χ1n) is 10.7. The molecule has 1 N–H and O–H groups in total. The van der Waals surface area contributed by atoms with Crippen molar-refractivity contribution in [1.29, 1.82) is 0 Å². The number of urea groups is 1. The molecular formula is C23H29N3O3S. The number of ketones is 1. The molecule has 160 valence electrons. The van der Waals surface area contributed by atoms with Crippen molar-refractivity contribution < 1.29 is 14.4 Å². The van der Waals surface area contributed by atoms with Crippen LogP contribution < -0.4 is 5.32 Å². The fraction of sp³-hybridized carbons (Fsp3) is 0.522. The van der Waals surface area contributed by atoms with E-state index in [2.05, 4.69) is 21.3 Å². The van der Waals surface area contributed by atoms with E-state index < -0.39 is 11.6 Å². The lowest BCUT2D eigenvalue weighted by Gasteiger charge is -2.36. The van der Waals surface area contributed by atoms with Crippen LogP contribution in [0.15, 0.2) is 23.6 Å². The number of amides is 3. The van der Waals surface area contributed by atoms with Gasteiger partial charge in [-0.1, -0.05) is 25.8 Å². The molecule has 2 fully saturated rings. The first-order chi connectivity index (χ1) is 14.3. The van der Waals surface area contributed by atoms with Crippen molar-refractivity contribution in [2.45, 2.75) is 65.0 Å². The molecule has 2 aromatic rings. The molecule has 1 aliphatic carbocycles. The van der Waals surface area contributed by atoms with Crippen LogP contribution in [0.4, 0.5) is 4.79 Å². The molecule has 1 spiro atoms. The number of hydrogen-bond acceptors (Lipinski definition) is 4. The Balaban J connectivity index is 1.49. The van der Waals surface area contributed by atoms with E-state index in [4.69, 9.17) is 0 Å². The Bertz CT molecular complexity index is 978. The quantitative estimate of drug-likeness (QED) is 0.557. The number of carbonyl (C=O) groups is 3. The molecule has 0 bridgehead atoms. The SMILES string of the molecule is Cc1cc(C(=O)CN2C(=O)N[C@@]3(CCCC[C@@H]3C)C2=O)c(C)n1CCc1cccs1. The number of Topliss-reactive ketones (excluding diaryl/α,β-unsaturated/α-hetero) is 1. The largest absolute Gasteiger partial charge is 0.348 e. The van der Waals surface area contributed by atoms with Gasteiger partial charge in [-0.2, -0.15) is 0 Å². The average Bonchev–Trinajstić information content (AvgIpc) is 3.38. The molecule has 0 radical (unpaired) electrons. The van der Waals surface area contributed by atoms with Crippen LogP contribution in [0.25, 0.3) is 0 Å². The summed E-state index contributed by atoms with van der Waals surface area (Å²) in [5.74, 6) is -0.334. The number of imide groups is 1. The maximum Gasteiger partial charge on any atom is 0.325 e. The number of nitrogens with one attached hydrogen (secondary N) is 1. The fourth-order valence-electron chi connectivity index (χ4n) is 4.97. The summed E-state index contributed by atoms with van der Waals surface area (Å²) in [6.45, 7) is 6.54. The number of carbonyl (C=O) groups excluding carboxylic acids is 3. The summed E-state index contributed by atoms with van der Waals surface area (Å²) in [5, 5.41) is 4.99. The highest BCUT2D eigenvalue weighted by atomic mass is 32.1. The fourth-order valence-corrected chi connectivity index (χ4v) is 5.67. The number of rotatable bonds is 6. The predicted octanol–water partition coefficient (Wildman–Crippen LogP) is 4.09. The summed E-state index contributed by atoms with van der Waals surface area (Å²) in [7, 11) is 0. The molecule has 4 rings (SSSR count). The van der Waals surface area contributed by atoms with Crippen LogP contribution in [0, 0.1) is 19.8 Å². The summed E-state index contributed by atoms with van der Waals surface area (Å²) in [6, 6.07) is 5.60. The zero-order valence-corrected chi connectivity index (χ0v) is 18.7. The van der Waals surface area contributed by atoms with E-state index in [0.717, 1.165) is 48.5 Å².